The van der Waals surface area contributed by atoms with Crippen molar-refractivity contribution in [2.45, 2.75) is 51.3 Å². The van der Waals surface area contributed by atoms with Gasteiger partial charge in [0.1, 0.15) is 0 Å². The summed E-state index contributed by atoms with van der Waals surface area (Å²) in [7, 11) is -3.70. The minimum absolute atomic E-state index is 0.0238. The average Bonchev–Trinajstić information content (AvgIpc) is 3.03. The lowest BCUT2D eigenvalue weighted by molar-refractivity contribution is 0.429. The Labute approximate surface area is 151 Å². The second-order valence-electron chi connectivity index (χ2n) is 7.19. The first-order valence-corrected chi connectivity index (χ1v) is 10.1. The van der Waals surface area contributed by atoms with Gasteiger partial charge in [-0.2, -0.15) is 5.10 Å². The first-order chi connectivity index (χ1) is 11.7. The van der Waals surface area contributed by atoms with Crippen molar-refractivity contribution in [3.8, 4) is 0 Å². The molecule has 1 unspecified atom stereocenters. The molecule has 0 saturated carbocycles. The van der Waals surface area contributed by atoms with E-state index >= 15 is 0 Å². The van der Waals surface area contributed by atoms with Gasteiger partial charge in [-0.15, -0.1) is 0 Å². The molecule has 1 heterocycles. The fourth-order valence-electron chi connectivity index (χ4n) is 2.50. The Kier molecular flexibility index (Phi) is 5.87. The Morgan fingerprint density at radius 2 is 1.92 bits per heavy atom. The predicted molar refractivity (Wildman–Crippen MR) is 102 cm³/mol. The molecule has 0 saturated heterocycles. The number of hydrogen-bond acceptors (Lipinski definition) is 4. The van der Waals surface area contributed by atoms with Crippen molar-refractivity contribution >= 4 is 22.2 Å². The Morgan fingerprint density at radius 1 is 1.28 bits per heavy atom. The van der Waals surface area contributed by atoms with Crippen LogP contribution in [0.5, 0.6) is 0 Å². The van der Waals surface area contributed by atoms with Crippen molar-refractivity contribution in [1.29, 1.82) is 0 Å². The lowest BCUT2D eigenvalue weighted by Crippen LogP contribution is -2.41. The van der Waals surface area contributed by atoms with Gasteiger partial charge in [0.2, 0.25) is 5.96 Å². The van der Waals surface area contributed by atoms with Crippen LogP contribution < -0.4 is 4.72 Å². The molecule has 0 amide bonds. The first-order valence-electron chi connectivity index (χ1n) is 8.66. The van der Waals surface area contributed by atoms with E-state index in [2.05, 4.69) is 42.5 Å². The number of nitrogens with one attached hydrogen (secondary N) is 1. The largest absolute Gasteiger partial charge is 0.264 e. The van der Waals surface area contributed by atoms with Crippen LogP contribution in [0.2, 0.25) is 0 Å². The molecular formula is C18H28N4O2S. The van der Waals surface area contributed by atoms with Crippen molar-refractivity contribution in [2.24, 2.45) is 16.0 Å². The SMILES string of the molecule is CCN=C(NS(=O)(=O)c1ccc(C(C)(C)C)cc1)N1CC(CC)C=N1. The van der Waals surface area contributed by atoms with Crippen molar-refractivity contribution in [3.05, 3.63) is 29.8 Å². The third-order valence-corrected chi connectivity index (χ3v) is 5.50. The van der Waals surface area contributed by atoms with Gasteiger partial charge < -0.3 is 0 Å². The van der Waals surface area contributed by atoms with Crippen molar-refractivity contribution in [3.63, 3.8) is 0 Å². The molecule has 138 valence electrons. The van der Waals surface area contributed by atoms with E-state index in [-0.39, 0.29) is 16.3 Å². The molecule has 1 N–H and O–H groups in total. The summed E-state index contributed by atoms with van der Waals surface area (Å²) >= 11 is 0. The molecule has 6 nitrogen and oxygen atoms in total. The van der Waals surface area contributed by atoms with Gasteiger partial charge in [-0.05, 0) is 36.5 Å². The topological polar surface area (TPSA) is 74.1 Å². The van der Waals surface area contributed by atoms with Gasteiger partial charge in [-0.25, -0.2) is 18.1 Å². The lowest BCUT2D eigenvalue weighted by atomic mass is 9.87. The van der Waals surface area contributed by atoms with Crippen LogP contribution in [0.3, 0.4) is 0 Å². The molecule has 0 bridgehead atoms. The highest BCUT2D eigenvalue weighted by Gasteiger charge is 2.25. The van der Waals surface area contributed by atoms with Gasteiger partial charge in [0.15, 0.2) is 0 Å². The summed E-state index contributed by atoms with van der Waals surface area (Å²) in [5.41, 5.74) is 1.06. The van der Waals surface area contributed by atoms with E-state index in [0.29, 0.717) is 19.0 Å². The molecule has 1 aromatic carbocycles. The number of aliphatic imine (C=N–C) groups is 1. The monoisotopic (exact) mass is 364 g/mol. The molecule has 1 aliphatic heterocycles. The highest BCUT2D eigenvalue weighted by Crippen LogP contribution is 2.23. The van der Waals surface area contributed by atoms with Crippen LogP contribution in [0.4, 0.5) is 0 Å². The molecule has 0 radical (unpaired) electrons. The highest BCUT2D eigenvalue weighted by atomic mass is 32.2. The van der Waals surface area contributed by atoms with E-state index in [0.717, 1.165) is 12.0 Å². The summed E-state index contributed by atoms with van der Waals surface area (Å²) in [4.78, 5) is 4.50. The summed E-state index contributed by atoms with van der Waals surface area (Å²) in [5.74, 6) is 0.590. The average molecular weight is 365 g/mol. The third kappa shape index (κ3) is 4.81. The van der Waals surface area contributed by atoms with Gasteiger partial charge >= 0.3 is 0 Å². The first kappa shape index (κ1) is 19.4. The van der Waals surface area contributed by atoms with Crippen LogP contribution in [-0.2, 0) is 15.4 Å². The maximum absolute atomic E-state index is 12.7. The van der Waals surface area contributed by atoms with Crippen molar-refractivity contribution < 1.29 is 8.42 Å². The summed E-state index contributed by atoms with van der Waals surface area (Å²) in [6.07, 6.45) is 2.80. The number of guanidine groups is 1. The molecule has 0 aliphatic carbocycles. The Morgan fingerprint density at radius 3 is 2.40 bits per heavy atom. The summed E-state index contributed by atoms with van der Waals surface area (Å²) in [6.45, 7) is 11.3. The highest BCUT2D eigenvalue weighted by molar-refractivity contribution is 7.90. The molecule has 7 heteroatoms. The van der Waals surface area contributed by atoms with Crippen LogP contribution in [0.1, 0.15) is 46.6 Å². The van der Waals surface area contributed by atoms with E-state index in [1.807, 2.05) is 25.3 Å². The van der Waals surface area contributed by atoms with Crippen molar-refractivity contribution in [1.82, 2.24) is 9.73 Å². The van der Waals surface area contributed by atoms with E-state index in [1.165, 1.54) is 0 Å². The zero-order valence-electron chi connectivity index (χ0n) is 15.7. The van der Waals surface area contributed by atoms with Crippen LogP contribution in [0.25, 0.3) is 0 Å². The smallest absolute Gasteiger partial charge is 0.251 e. The minimum Gasteiger partial charge on any atom is -0.251 e. The van der Waals surface area contributed by atoms with E-state index in [9.17, 15) is 8.42 Å². The maximum Gasteiger partial charge on any atom is 0.264 e. The molecule has 1 aliphatic rings. The number of benzene rings is 1. The second kappa shape index (κ2) is 7.56. The Balaban J connectivity index is 2.21. The molecule has 1 atom stereocenters. The van der Waals surface area contributed by atoms with E-state index < -0.39 is 10.0 Å². The molecule has 1 aromatic rings. The molecule has 0 spiro atoms. The fourth-order valence-corrected chi connectivity index (χ4v) is 3.52. The summed E-state index contributed by atoms with van der Waals surface area (Å²) < 4.78 is 28.0. The Hall–Kier alpha value is -1.89. The maximum atomic E-state index is 12.7. The van der Waals surface area contributed by atoms with Crippen LogP contribution in [0, 0.1) is 5.92 Å². The van der Waals surface area contributed by atoms with Gasteiger partial charge in [-0.1, -0.05) is 39.8 Å². The normalized spacial score (nSPS) is 18.7. The fraction of sp³-hybridized carbons (Fsp3) is 0.556. The van der Waals surface area contributed by atoms with Crippen molar-refractivity contribution in [2.75, 3.05) is 13.1 Å². The molecule has 0 fully saturated rings. The van der Waals surface area contributed by atoms with E-state index in [4.69, 9.17) is 0 Å². The number of hydrazone groups is 1. The van der Waals surface area contributed by atoms with E-state index in [1.54, 1.807) is 17.1 Å². The zero-order chi connectivity index (χ0) is 18.7. The van der Waals surface area contributed by atoms with Crippen LogP contribution in [0.15, 0.2) is 39.3 Å². The summed E-state index contributed by atoms with van der Waals surface area (Å²) in [6, 6.07) is 6.97. The molecule has 2 rings (SSSR count). The minimum atomic E-state index is -3.70. The van der Waals surface area contributed by atoms with Crippen LogP contribution >= 0.6 is 0 Å². The van der Waals surface area contributed by atoms with Gasteiger partial charge in [0, 0.05) is 18.7 Å². The lowest BCUT2D eigenvalue weighted by Gasteiger charge is -2.21. The van der Waals surface area contributed by atoms with Gasteiger partial charge in [0.25, 0.3) is 10.0 Å². The zero-order valence-corrected chi connectivity index (χ0v) is 16.5. The van der Waals surface area contributed by atoms with Gasteiger partial charge in [-0.3, -0.25) is 4.99 Å². The summed E-state index contributed by atoms with van der Waals surface area (Å²) in [5, 5.41) is 5.91. The molecule has 0 aromatic heterocycles. The number of rotatable bonds is 4. The quantitative estimate of drug-likeness (QED) is 0.659. The number of sulfonamides is 1. The van der Waals surface area contributed by atoms with Gasteiger partial charge in [0.05, 0.1) is 11.4 Å². The number of hydrogen-bond donors (Lipinski definition) is 1. The van der Waals surface area contributed by atoms with Crippen LogP contribution in [-0.4, -0.2) is 38.7 Å². The third-order valence-electron chi connectivity index (χ3n) is 4.16. The number of nitrogens with zero attached hydrogens (tertiary/aromatic N) is 3. The molecular weight excluding hydrogens is 336 g/mol. The standard InChI is InChI=1S/C18H28N4O2S/c1-6-14-12-20-22(13-14)17(19-7-2)21-25(23,24)16-10-8-15(9-11-16)18(3,4)5/h8-12,14H,6-7,13H2,1-5H3,(H,19,21). The predicted octanol–water partition coefficient (Wildman–Crippen LogP) is 2.97. The Bertz CT molecular complexity index is 746. The molecule has 25 heavy (non-hydrogen) atoms. The second-order valence-corrected chi connectivity index (χ2v) is 8.88.